The second-order valence-electron chi connectivity index (χ2n) is 3.40. The average molecular weight is 208 g/mol. The van der Waals surface area contributed by atoms with E-state index in [1.165, 1.54) is 0 Å². The number of carbonyl (C=O) groups is 1. The van der Waals surface area contributed by atoms with Gasteiger partial charge in [0, 0.05) is 12.6 Å². The first-order valence-corrected chi connectivity index (χ1v) is 5.01. The minimum absolute atomic E-state index is 0.206. The van der Waals surface area contributed by atoms with Gasteiger partial charge in [0.05, 0.1) is 23.9 Å². The van der Waals surface area contributed by atoms with Gasteiger partial charge in [0.2, 0.25) is 0 Å². The second-order valence-corrected chi connectivity index (χ2v) is 3.40. The first-order chi connectivity index (χ1) is 7.15. The number of hydrogen-bond donors (Lipinski definition) is 1. The molecule has 1 rings (SSSR count). The van der Waals surface area contributed by atoms with Gasteiger partial charge in [0.15, 0.2) is 0 Å². The molecule has 0 spiro atoms. The van der Waals surface area contributed by atoms with Crippen LogP contribution in [0.15, 0.2) is 18.3 Å². The Balaban J connectivity index is 2.62. The zero-order chi connectivity index (χ0) is 11.3. The van der Waals surface area contributed by atoms with Crippen molar-refractivity contribution in [3.8, 4) is 0 Å². The minimum atomic E-state index is -0.206. The maximum Gasteiger partial charge on any atom is 0.309 e. The van der Waals surface area contributed by atoms with Crippen LogP contribution in [-0.2, 0) is 16.0 Å². The van der Waals surface area contributed by atoms with E-state index in [4.69, 9.17) is 10.5 Å². The number of nitrogens with zero attached hydrogens (tertiary/aromatic N) is 1. The van der Waals surface area contributed by atoms with E-state index in [-0.39, 0.29) is 11.9 Å². The molecular formula is C11H16N2O2. The van der Waals surface area contributed by atoms with Gasteiger partial charge < -0.3 is 10.5 Å². The number of nitrogens with two attached hydrogens (primary N) is 1. The average Bonchev–Trinajstić information content (AvgIpc) is 2.21. The molecule has 1 aromatic heterocycles. The zero-order valence-corrected chi connectivity index (χ0v) is 9.06. The Morgan fingerprint density at radius 3 is 3.00 bits per heavy atom. The normalized spacial score (nSPS) is 12.1. The molecule has 0 amide bonds. The Morgan fingerprint density at radius 1 is 1.67 bits per heavy atom. The summed E-state index contributed by atoms with van der Waals surface area (Å²) < 4.78 is 4.91. The molecule has 0 saturated heterocycles. The van der Waals surface area contributed by atoms with E-state index in [2.05, 4.69) is 4.98 Å². The van der Waals surface area contributed by atoms with Gasteiger partial charge in [-0.25, -0.2) is 0 Å². The molecule has 0 fully saturated rings. The van der Waals surface area contributed by atoms with Crippen LogP contribution in [0.2, 0.25) is 0 Å². The molecule has 0 aliphatic heterocycles. The molecule has 0 saturated carbocycles. The van der Waals surface area contributed by atoms with Gasteiger partial charge in [-0.15, -0.1) is 0 Å². The molecule has 0 radical (unpaired) electrons. The van der Waals surface area contributed by atoms with Gasteiger partial charge in [-0.3, -0.25) is 9.78 Å². The lowest BCUT2D eigenvalue weighted by atomic mass is 10.0. The van der Waals surface area contributed by atoms with Crippen LogP contribution in [0.3, 0.4) is 0 Å². The van der Waals surface area contributed by atoms with Crippen molar-refractivity contribution in [2.75, 3.05) is 12.3 Å². The predicted octanol–water partition coefficient (Wildman–Crippen LogP) is 1.41. The summed E-state index contributed by atoms with van der Waals surface area (Å²) >= 11 is 0. The summed E-state index contributed by atoms with van der Waals surface area (Å²) in [6, 6.07) is 3.55. The molecule has 82 valence electrons. The predicted molar refractivity (Wildman–Crippen MR) is 58.2 cm³/mol. The molecule has 1 heterocycles. The van der Waals surface area contributed by atoms with Gasteiger partial charge in [-0.05, 0) is 19.1 Å². The summed E-state index contributed by atoms with van der Waals surface area (Å²) in [5.41, 5.74) is 7.10. The SMILES string of the molecule is CCOC(=O)C(C)Cc1ncccc1N. The van der Waals surface area contributed by atoms with Crippen molar-refractivity contribution in [2.45, 2.75) is 20.3 Å². The monoisotopic (exact) mass is 208 g/mol. The highest BCUT2D eigenvalue weighted by Crippen LogP contribution is 2.13. The van der Waals surface area contributed by atoms with Crippen LogP contribution in [0.1, 0.15) is 19.5 Å². The van der Waals surface area contributed by atoms with E-state index in [0.29, 0.717) is 18.7 Å². The van der Waals surface area contributed by atoms with Crippen molar-refractivity contribution in [3.63, 3.8) is 0 Å². The molecule has 1 aromatic rings. The fourth-order valence-corrected chi connectivity index (χ4v) is 1.28. The lowest BCUT2D eigenvalue weighted by Crippen LogP contribution is -2.18. The highest BCUT2D eigenvalue weighted by Gasteiger charge is 2.16. The number of aromatic nitrogens is 1. The molecular weight excluding hydrogens is 192 g/mol. The maximum absolute atomic E-state index is 11.4. The number of pyridine rings is 1. The van der Waals surface area contributed by atoms with Crippen molar-refractivity contribution in [2.24, 2.45) is 5.92 Å². The molecule has 1 atom stereocenters. The number of anilines is 1. The van der Waals surface area contributed by atoms with Gasteiger partial charge in [-0.2, -0.15) is 0 Å². The van der Waals surface area contributed by atoms with Crippen LogP contribution in [0.4, 0.5) is 5.69 Å². The van der Waals surface area contributed by atoms with Crippen molar-refractivity contribution in [1.29, 1.82) is 0 Å². The number of ether oxygens (including phenoxy) is 1. The Kier molecular flexibility index (Phi) is 4.09. The fourth-order valence-electron chi connectivity index (χ4n) is 1.28. The van der Waals surface area contributed by atoms with Crippen molar-refractivity contribution < 1.29 is 9.53 Å². The van der Waals surface area contributed by atoms with E-state index >= 15 is 0 Å². The summed E-state index contributed by atoms with van der Waals surface area (Å²) in [5, 5.41) is 0. The van der Waals surface area contributed by atoms with Crippen molar-refractivity contribution in [1.82, 2.24) is 4.98 Å². The van der Waals surface area contributed by atoms with Crippen LogP contribution >= 0.6 is 0 Å². The molecule has 0 aromatic carbocycles. The molecule has 0 aliphatic rings. The Bertz CT molecular complexity index is 339. The Morgan fingerprint density at radius 2 is 2.40 bits per heavy atom. The van der Waals surface area contributed by atoms with E-state index < -0.39 is 0 Å². The largest absolute Gasteiger partial charge is 0.466 e. The molecule has 4 heteroatoms. The molecule has 15 heavy (non-hydrogen) atoms. The second kappa shape index (κ2) is 5.34. The maximum atomic E-state index is 11.4. The number of rotatable bonds is 4. The van der Waals surface area contributed by atoms with Crippen molar-refractivity contribution in [3.05, 3.63) is 24.0 Å². The van der Waals surface area contributed by atoms with Crippen LogP contribution in [0, 0.1) is 5.92 Å². The van der Waals surface area contributed by atoms with Gasteiger partial charge in [-0.1, -0.05) is 6.92 Å². The molecule has 4 nitrogen and oxygen atoms in total. The van der Waals surface area contributed by atoms with E-state index in [9.17, 15) is 4.79 Å². The first kappa shape index (κ1) is 11.5. The van der Waals surface area contributed by atoms with E-state index in [0.717, 1.165) is 5.69 Å². The highest BCUT2D eigenvalue weighted by atomic mass is 16.5. The molecule has 0 aliphatic carbocycles. The first-order valence-electron chi connectivity index (χ1n) is 5.01. The number of hydrogen-bond acceptors (Lipinski definition) is 4. The minimum Gasteiger partial charge on any atom is -0.466 e. The zero-order valence-electron chi connectivity index (χ0n) is 9.06. The van der Waals surface area contributed by atoms with Crippen LogP contribution < -0.4 is 5.73 Å². The van der Waals surface area contributed by atoms with Gasteiger partial charge >= 0.3 is 5.97 Å². The van der Waals surface area contributed by atoms with Crippen LogP contribution in [-0.4, -0.2) is 17.6 Å². The Hall–Kier alpha value is -1.58. The number of esters is 1. The van der Waals surface area contributed by atoms with Gasteiger partial charge in [0.1, 0.15) is 0 Å². The highest BCUT2D eigenvalue weighted by molar-refractivity contribution is 5.72. The van der Waals surface area contributed by atoms with Crippen LogP contribution in [0.5, 0.6) is 0 Å². The van der Waals surface area contributed by atoms with E-state index in [1.54, 1.807) is 25.3 Å². The summed E-state index contributed by atoms with van der Waals surface area (Å²) in [6.45, 7) is 4.01. The number of carbonyl (C=O) groups excluding carboxylic acids is 1. The molecule has 1 unspecified atom stereocenters. The summed E-state index contributed by atoms with van der Waals surface area (Å²) in [7, 11) is 0. The van der Waals surface area contributed by atoms with Gasteiger partial charge in [0.25, 0.3) is 0 Å². The third-order valence-electron chi connectivity index (χ3n) is 2.11. The summed E-state index contributed by atoms with van der Waals surface area (Å²) in [4.78, 5) is 15.5. The third kappa shape index (κ3) is 3.23. The number of nitrogen functional groups attached to an aromatic ring is 1. The fraction of sp³-hybridized carbons (Fsp3) is 0.455. The summed E-state index contributed by atoms with van der Waals surface area (Å²) in [6.07, 6.45) is 2.19. The van der Waals surface area contributed by atoms with Crippen molar-refractivity contribution >= 4 is 11.7 Å². The standard InChI is InChI=1S/C11H16N2O2/c1-3-15-11(14)8(2)7-10-9(12)5-4-6-13-10/h4-6,8H,3,7,12H2,1-2H3. The van der Waals surface area contributed by atoms with Crippen LogP contribution in [0.25, 0.3) is 0 Å². The van der Waals surface area contributed by atoms with E-state index in [1.807, 2.05) is 6.92 Å². The topological polar surface area (TPSA) is 65.2 Å². The molecule has 0 bridgehead atoms. The lowest BCUT2D eigenvalue weighted by Gasteiger charge is -2.10. The quantitative estimate of drug-likeness (QED) is 0.760. The smallest absolute Gasteiger partial charge is 0.309 e. The molecule has 2 N–H and O–H groups in total. The third-order valence-corrected chi connectivity index (χ3v) is 2.11. The Labute approximate surface area is 89.5 Å². The lowest BCUT2D eigenvalue weighted by molar-refractivity contribution is -0.147. The summed E-state index contributed by atoms with van der Waals surface area (Å²) in [5.74, 6) is -0.412.